The normalized spacial score (nSPS) is 11.1. The molecule has 6 nitrogen and oxygen atoms in total. The number of nitrogens with zero attached hydrogens (tertiary/aromatic N) is 1. The molecule has 1 heterocycles. The molecule has 0 bridgehead atoms. The third-order valence-corrected chi connectivity index (χ3v) is 5.05. The number of nitrogens with one attached hydrogen (secondary N) is 2. The van der Waals surface area contributed by atoms with Gasteiger partial charge in [-0.1, -0.05) is 26.0 Å². The van der Waals surface area contributed by atoms with E-state index in [9.17, 15) is 9.59 Å². The number of fused-ring (bicyclic) bond motifs is 1. The van der Waals surface area contributed by atoms with E-state index in [-0.39, 0.29) is 11.5 Å². The fourth-order valence-corrected chi connectivity index (χ4v) is 3.40. The number of rotatable bonds is 9. The Morgan fingerprint density at radius 2 is 1.94 bits per heavy atom. The summed E-state index contributed by atoms with van der Waals surface area (Å²) < 4.78 is 7.43. The average Bonchev–Trinajstić information content (AvgIpc) is 2.74. The Bertz CT molecular complexity index is 1120. The van der Waals surface area contributed by atoms with Gasteiger partial charge in [0.15, 0.2) is 0 Å². The number of carbonyl (C=O) groups excluding carboxylic acids is 1. The average molecular weight is 422 g/mol. The van der Waals surface area contributed by atoms with E-state index < -0.39 is 0 Å². The van der Waals surface area contributed by atoms with Gasteiger partial charge in [-0.05, 0) is 67.6 Å². The molecule has 0 radical (unpaired) electrons. The first-order valence-electron chi connectivity index (χ1n) is 10.8. The number of benzene rings is 2. The van der Waals surface area contributed by atoms with Crippen molar-refractivity contribution in [2.75, 3.05) is 26.2 Å². The van der Waals surface area contributed by atoms with Gasteiger partial charge in [0.25, 0.3) is 11.5 Å². The molecule has 0 spiro atoms. The van der Waals surface area contributed by atoms with E-state index in [4.69, 9.17) is 4.74 Å². The van der Waals surface area contributed by atoms with Crippen LogP contribution in [0.3, 0.4) is 0 Å². The Kier molecular flexibility index (Phi) is 7.47. The summed E-state index contributed by atoms with van der Waals surface area (Å²) in [6, 6.07) is 12.9. The highest BCUT2D eigenvalue weighted by Crippen LogP contribution is 2.21. The molecule has 2 N–H and O–H groups in total. The molecule has 164 valence electrons. The highest BCUT2D eigenvalue weighted by atomic mass is 16.5. The molecule has 0 aliphatic heterocycles. The van der Waals surface area contributed by atoms with Crippen LogP contribution >= 0.6 is 0 Å². The number of ether oxygens (including phenoxy) is 1. The van der Waals surface area contributed by atoms with Gasteiger partial charge in [0.1, 0.15) is 12.4 Å². The Hall–Kier alpha value is -3.12. The Morgan fingerprint density at radius 3 is 2.68 bits per heavy atom. The van der Waals surface area contributed by atoms with Crippen LogP contribution in [0.15, 0.2) is 53.5 Å². The number of hydrogen-bond donors (Lipinski definition) is 2. The van der Waals surface area contributed by atoms with E-state index in [1.165, 1.54) is 0 Å². The standard InChI is InChI=1S/C25H31N3O3/c1-5-27-24(29)20-7-6-18(4)23(14-20)28-12-10-19-8-9-21(15-22(19)25(28)30)31-13-11-26-16-17(2)3/h6-10,12,14-15,17,26H,5,11,13,16H2,1-4H3,(H,27,29). The van der Waals surface area contributed by atoms with Gasteiger partial charge in [0, 0.05) is 24.8 Å². The summed E-state index contributed by atoms with van der Waals surface area (Å²) in [6.07, 6.45) is 1.75. The van der Waals surface area contributed by atoms with Crippen molar-refractivity contribution in [3.05, 3.63) is 70.1 Å². The van der Waals surface area contributed by atoms with Gasteiger partial charge in [-0.25, -0.2) is 0 Å². The summed E-state index contributed by atoms with van der Waals surface area (Å²) in [5.74, 6) is 1.11. The summed E-state index contributed by atoms with van der Waals surface area (Å²) in [5.41, 5.74) is 2.00. The molecule has 31 heavy (non-hydrogen) atoms. The highest BCUT2D eigenvalue weighted by Gasteiger charge is 2.12. The predicted octanol–water partition coefficient (Wildman–Crippen LogP) is 3.67. The number of aryl methyl sites for hydroxylation is 1. The van der Waals surface area contributed by atoms with Crippen molar-refractivity contribution in [2.45, 2.75) is 27.7 Å². The summed E-state index contributed by atoms with van der Waals surface area (Å²) in [7, 11) is 0. The zero-order valence-electron chi connectivity index (χ0n) is 18.7. The zero-order valence-corrected chi connectivity index (χ0v) is 18.7. The summed E-state index contributed by atoms with van der Waals surface area (Å²) in [5, 5.41) is 7.57. The maximum absolute atomic E-state index is 13.3. The molecule has 1 aromatic heterocycles. The van der Waals surface area contributed by atoms with Crippen LogP contribution in [0.4, 0.5) is 0 Å². The van der Waals surface area contributed by atoms with Crippen LogP contribution in [0.1, 0.15) is 36.7 Å². The number of hydrogen-bond acceptors (Lipinski definition) is 4. The molecule has 3 aromatic rings. The van der Waals surface area contributed by atoms with E-state index in [0.717, 1.165) is 24.0 Å². The minimum atomic E-state index is -0.153. The fraction of sp³-hybridized carbons (Fsp3) is 0.360. The van der Waals surface area contributed by atoms with Gasteiger partial charge in [0.2, 0.25) is 0 Å². The van der Waals surface area contributed by atoms with Crippen molar-refractivity contribution in [3.8, 4) is 11.4 Å². The van der Waals surface area contributed by atoms with E-state index in [2.05, 4.69) is 24.5 Å². The molecule has 0 saturated heterocycles. The number of amides is 1. The van der Waals surface area contributed by atoms with Crippen molar-refractivity contribution in [3.63, 3.8) is 0 Å². The Balaban J connectivity index is 1.89. The van der Waals surface area contributed by atoms with E-state index in [0.29, 0.717) is 41.5 Å². The van der Waals surface area contributed by atoms with Crippen molar-refractivity contribution in [1.29, 1.82) is 0 Å². The second kappa shape index (κ2) is 10.3. The monoisotopic (exact) mass is 421 g/mol. The first kappa shape index (κ1) is 22.6. The molecule has 0 aliphatic rings. The molecule has 0 unspecified atom stereocenters. The van der Waals surface area contributed by atoms with E-state index >= 15 is 0 Å². The lowest BCUT2D eigenvalue weighted by Crippen LogP contribution is -2.25. The van der Waals surface area contributed by atoms with Crippen molar-refractivity contribution >= 4 is 16.7 Å². The van der Waals surface area contributed by atoms with E-state index in [1.54, 1.807) is 29.0 Å². The number of aromatic nitrogens is 1. The van der Waals surface area contributed by atoms with Crippen LogP contribution in [0, 0.1) is 12.8 Å². The van der Waals surface area contributed by atoms with Gasteiger partial charge in [0.05, 0.1) is 11.1 Å². The van der Waals surface area contributed by atoms with Gasteiger partial charge in [-0.15, -0.1) is 0 Å². The predicted molar refractivity (Wildman–Crippen MR) is 125 cm³/mol. The highest BCUT2D eigenvalue weighted by molar-refractivity contribution is 5.95. The van der Waals surface area contributed by atoms with Crippen molar-refractivity contribution in [1.82, 2.24) is 15.2 Å². The number of pyridine rings is 1. The summed E-state index contributed by atoms with van der Waals surface area (Å²) in [4.78, 5) is 25.5. The topological polar surface area (TPSA) is 72.4 Å². The smallest absolute Gasteiger partial charge is 0.263 e. The lowest BCUT2D eigenvalue weighted by molar-refractivity contribution is 0.0956. The molecule has 0 aliphatic carbocycles. The molecule has 0 atom stereocenters. The van der Waals surface area contributed by atoms with Crippen LogP contribution in [-0.2, 0) is 0 Å². The van der Waals surface area contributed by atoms with Crippen molar-refractivity contribution < 1.29 is 9.53 Å². The van der Waals surface area contributed by atoms with Crippen LogP contribution in [0.25, 0.3) is 16.5 Å². The summed E-state index contributed by atoms with van der Waals surface area (Å²) >= 11 is 0. The largest absolute Gasteiger partial charge is 0.492 e. The molecule has 1 amide bonds. The molecular weight excluding hydrogens is 390 g/mol. The Morgan fingerprint density at radius 1 is 1.13 bits per heavy atom. The Labute approximate surface area is 183 Å². The van der Waals surface area contributed by atoms with Gasteiger partial charge < -0.3 is 15.4 Å². The molecule has 0 fully saturated rings. The quantitative estimate of drug-likeness (QED) is 0.517. The van der Waals surface area contributed by atoms with Crippen LogP contribution in [0.2, 0.25) is 0 Å². The summed E-state index contributed by atoms with van der Waals surface area (Å²) in [6.45, 7) is 10.9. The van der Waals surface area contributed by atoms with E-state index in [1.807, 2.05) is 38.1 Å². The lowest BCUT2D eigenvalue weighted by Gasteiger charge is -2.13. The maximum atomic E-state index is 13.3. The van der Waals surface area contributed by atoms with Crippen LogP contribution in [-0.4, -0.2) is 36.7 Å². The second-order valence-electron chi connectivity index (χ2n) is 8.05. The minimum absolute atomic E-state index is 0.142. The third-order valence-electron chi connectivity index (χ3n) is 5.05. The maximum Gasteiger partial charge on any atom is 0.263 e. The molecule has 6 heteroatoms. The lowest BCUT2D eigenvalue weighted by atomic mass is 10.1. The molecule has 0 saturated carbocycles. The second-order valence-corrected chi connectivity index (χ2v) is 8.05. The van der Waals surface area contributed by atoms with Crippen LogP contribution in [0.5, 0.6) is 5.75 Å². The molecule has 2 aromatic carbocycles. The molecular formula is C25H31N3O3. The van der Waals surface area contributed by atoms with Crippen molar-refractivity contribution in [2.24, 2.45) is 5.92 Å². The zero-order chi connectivity index (χ0) is 22.4. The first-order chi connectivity index (χ1) is 14.9. The fourth-order valence-electron chi connectivity index (χ4n) is 3.40. The minimum Gasteiger partial charge on any atom is -0.492 e. The third kappa shape index (κ3) is 5.52. The first-order valence-corrected chi connectivity index (χ1v) is 10.8. The van der Waals surface area contributed by atoms with Crippen LogP contribution < -0.4 is 20.9 Å². The molecule has 3 rings (SSSR count). The van der Waals surface area contributed by atoms with Gasteiger partial charge >= 0.3 is 0 Å². The number of carbonyl (C=O) groups is 1. The van der Waals surface area contributed by atoms with Gasteiger partial charge in [-0.2, -0.15) is 0 Å². The van der Waals surface area contributed by atoms with Gasteiger partial charge in [-0.3, -0.25) is 14.2 Å². The SMILES string of the molecule is CCNC(=O)c1ccc(C)c(-n2ccc3ccc(OCCNCC(C)C)cc3c2=O)c1.